The molecule has 0 saturated heterocycles. The molecule has 96 valence electrons. The molecular formula is C12H9BrN4O2. The van der Waals surface area contributed by atoms with Crippen molar-refractivity contribution in [2.24, 2.45) is 0 Å². The number of benzene rings is 1. The Hall–Kier alpha value is -2.33. The molecule has 2 N–H and O–H groups in total. The fourth-order valence-electron chi connectivity index (χ4n) is 1.34. The first-order valence-electron chi connectivity index (χ1n) is 5.18. The van der Waals surface area contributed by atoms with Crippen molar-refractivity contribution in [1.82, 2.24) is 9.97 Å². The van der Waals surface area contributed by atoms with Gasteiger partial charge in [-0.3, -0.25) is 0 Å². The van der Waals surface area contributed by atoms with E-state index >= 15 is 0 Å². The molecule has 0 saturated carbocycles. The molecule has 0 fully saturated rings. The van der Waals surface area contributed by atoms with Crippen molar-refractivity contribution in [3.63, 3.8) is 0 Å². The molecule has 0 amide bonds. The summed E-state index contributed by atoms with van der Waals surface area (Å²) in [5.41, 5.74) is 6.57. The maximum atomic E-state index is 8.75. The lowest BCUT2D eigenvalue weighted by atomic mass is 10.2. The Morgan fingerprint density at radius 1 is 1.42 bits per heavy atom. The minimum atomic E-state index is 0.108. The number of methoxy groups -OCH3 is 1. The average Bonchev–Trinajstić information content (AvgIpc) is 2.43. The van der Waals surface area contributed by atoms with Crippen LogP contribution in [-0.2, 0) is 0 Å². The molecule has 0 aliphatic rings. The number of nitriles is 1. The predicted octanol–water partition coefficient (Wildman–Crippen LogP) is 2.49. The number of nitrogens with zero attached hydrogens (tertiary/aromatic N) is 3. The van der Waals surface area contributed by atoms with Crippen LogP contribution in [0.4, 0.5) is 5.69 Å². The zero-order valence-corrected chi connectivity index (χ0v) is 11.5. The monoisotopic (exact) mass is 320 g/mol. The van der Waals surface area contributed by atoms with Crippen molar-refractivity contribution in [3.8, 4) is 23.7 Å². The van der Waals surface area contributed by atoms with Gasteiger partial charge in [-0.25, -0.2) is 4.98 Å². The summed E-state index contributed by atoms with van der Waals surface area (Å²) in [6.07, 6.45) is 1.51. The number of hydrogen-bond donors (Lipinski definition) is 1. The number of nitrogen functional groups attached to an aromatic ring is 1. The van der Waals surface area contributed by atoms with Crippen molar-refractivity contribution >= 4 is 21.6 Å². The zero-order chi connectivity index (χ0) is 13.8. The number of nitrogens with two attached hydrogens (primary N) is 1. The van der Waals surface area contributed by atoms with E-state index in [0.717, 1.165) is 0 Å². The molecule has 19 heavy (non-hydrogen) atoms. The third-order valence-electron chi connectivity index (χ3n) is 2.22. The molecule has 0 atom stereocenters. The Kier molecular flexibility index (Phi) is 3.82. The van der Waals surface area contributed by atoms with Crippen molar-refractivity contribution in [2.75, 3.05) is 12.8 Å². The summed E-state index contributed by atoms with van der Waals surface area (Å²) in [6, 6.07) is 6.81. The highest BCUT2D eigenvalue weighted by Crippen LogP contribution is 2.29. The summed E-state index contributed by atoms with van der Waals surface area (Å²) in [5, 5.41) is 8.75. The molecule has 1 aromatic heterocycles. The van der Waals surface area contributed by atoms with Gasteiger partial charge in [0.2, 0.25) is 5.88 Å². The van der Waals surface area contributed by atoms with E-state index < -0.39 is 0 Å². The summed E-state index contributed by atoms with van der Waals surface area (Å²) < 4.78 is 11.1. The maximum absolute atomic E-state index is 8.75. The van der Waals surface area contributed by atoms with Crippen LogP contribution in [0.5, 0.6) is 17.6 Å². The largest absolute Gasteiger partial charge is 0.480 e. The SMILES string of the molecule is COc1nc(Oc2ccc(C#N)cc2N)ncc1Br. The predicted molar refractivity (Wildman–Crippen MR) is 71.9 cm³/mol. The van der Waals surface area contributed by atoms with Gasteiger partial charge in [0.15, 0.2) is 5.75 Å². The van der Waals surface area contributed by atoms with Gasteiger partial charge in [0, 0.05) is 0 Å². The third kappa shape index (κ3) is 2.92. The van der Waals surface area contributed by atoms with E-state index in [-0.39, 0.29) is 6.01 Å². The van der Waals surface area contributed by atoms with Gasteiger partial charge in [0.05, 0.1) is 35.1 Å². The number of hydrogen-bond acceptors (Lipinski definition) is 6. The number of halogens is 1. The molecule has 0 spiro atoms. The van der Waals surface area contributed by atoms with Gasteiger partial charge in [-0.15, -0.1) is 0 Å². The molecule has 0 aliphatic heterocycles. The highest BCUT2D eigenvalue weighted by Gasteiger charge is 2.09. The van der Waals surface area contributed by atoms with Crippen LogP contribution in [0, 0.1) is 11.3 Å². The van der Waals surface area contributed by atoms with Crippen LogP contribution in [0.25, 0.3) is 0 Å². The summed E-state index contributed by atoms with van der Waals surface area (Å²) in [7, 11) is 1.49. The van der Waals surface area contributed by atoms with Crippen LogP contribution in [0.15, 0.2) is 28.9 Å². The van der Waals surface area contributed by atoms with Gasteiger partial charge < -0.3 is 15.2 Å². The molecular weight excluding hydrogens is 312 g/mol. The van der Waals surface area contributed by atoms with Crippen molar-refractivity contribution < 1.29 is 9.47 Å². The second kappa shape index (κ2) is 5.54. The standard InChI is InChI=1S/C12H9BrN4O2/c1-18-11-8(13)6-16-12(17-11)19-10-3-2-7(5-14)4-9(10)15/h2-4,6H,15H2,1H3. The second-order valence-corrected chi connectivity index (χ2v) is 4.33. The number of anilines is 1. The summed E-state index contributed by atoms with van der Waals surface area (Å²) in [5.74, 6) is 0.737. The molecule has 2 aromatic rings. The first kappa shape index (κ1) is 13.1. The van der Waals surface area contributed by atoms with E-state index in [1.54, 1.807) is 12.1 Å². The summed E-state index contributed by atoms with van der Waals surface area (Å²) in [4.78, 5) is 8.03. The Bertz CT molecular complexity index is 655. The van der Waals surface area contributed by atoms with Crippen LogP contribution in [0.3, 0.4) is 0 Å². The average molecular weight is 321 g/mol. The van der Waals surface area contributed by atoms with Crippen molar-refractivity contribution in [1.29, 1.82) is 5.26 Å². The fraction of sp³-hybridized carbons (Fsp3) is 0.0833. The fourth-order valence-corrected chi connectivity index (χ4v) is 1.69. The van der Waals surface area contributed by atoms with Gasteiger partial charge in [0.1, 0.15) is 0 Å². The van der Waals surface area contributed by atoms with Crippen LogP contribution in [0.2, 0.25) is 0 Å². The molecule has 0 unspecified atom stereocenters. The number of rotatable bonds is 3. The van der Waals surface area contributed by atoms with E-state index in [4.69, 9.17) is 20.5 Å². The molecule has 1 aromatic carbocycles. The van der Waals surface area contributed by atoms with E-state index in [9.17, 15) is 0 Å². The minimum absolute atomic E-state index is 0.108. The molecule has 2 rings (SSSR count). The van der Waals surface area contributed by atoms with E-state index in [0.29, 0.717) is 27.4 Å². The Labute approximate surface area is 117 Å². The molecule has 6 nitrogen and oxygen atoms in total. The molecule has 1 heterocycles. The van der Waals surface area contributed by atoms with Gasteiger partial charge in [-0.05, 0) is 34.1 Å². The van der Waals surface area contributed by atoms with Crippen molar-refractivity contribution in [3.05, 3.63) is 34.4 Å². The van der Waals surface area contributed by atoms with Gasteiger partial charge in [-0.2, -0.15) is 10.2 Å². The molecule has 7 heteroatoms. The highest BCUT2D eigenvalue weighted by molar-refractivity contribution is 9.10. The maximum Gasteiger partial charge on any atom is 0.325 e. The van der Waals surface area contributed by atoms with Crippen LogP contribution < -0.4 is 15.2 Å². The lowest BCUT2D eigenvalue weighted by Gasteiger charge is -2.08. The number of aromatic nitrogens is 2. The Morgan fingerprint density at radius 3 is 2.84 bits per heavy atom. The molecule has 0 aliphatic carbocycles. The highest BCUT2D eigenvalue weighted by atomic mass is 79.9. The Balaban J connectivity index is 2.29. The van der Waals surface area contributed by atoms with Crippen LogP contribution in [-0.4, -0.2) is 17.1 Å². The minimum Gasteiger partial charge on any atom is -0.480 e. The second-order valence-electron chi connectivity index (χ2n) is 3.48. The van der Waals surface area contributed by atoms with Crippen molar-refractivity contribution in [2.45, 2.75) is 0 Å². The first-order chi connectivity index (χ1) is 9.13. The topological polar surface area (TPSA) is 94.0 Å². The lowest BCUT2D eigenvalue weighted by molar-refractivity contribution is 0.374. The zero-order valence-electron chi connectivity index (χ0n) is 9.92. The summed E-state index contributed by atoms with van der Waals surface area (Å²) >= 11 is 3.24. The van der Waals surface area contributed by atoms with E-state index in [1.165, 1.54) is 19.4 Å². The van der Waals surface area contributed by atoms with Crippen LogP contribution >= 0.6 is 15.9 Å². The van der Waals surface area contributed by atoms with Gasteiger partial charge in [0.25, 0.3) is 0 Å². The Morgan fingerprint density at radius 2 is 2.21 bits per heavy atom. The normalized spacial score (nSPS) is 9.74. The molecule has 0 bridgehead atoms. The first-order valence-corrected chi connectivity index (χ1v) is 5.97. The van der Waals surface area contributed by atoms with Gasteiger partial charge in [-0.1, -0.05) is 0 Å². The smallest absolute Gasteiger partial charge is 0.325 e. The lowest BCUT2D eigenvalue weighted by Crippen LogP contribution is -1.98. The van der Waals surface area contributed by atoms with E-state index in [2.05, 4.69) is 25.9 Å². The van der Waals surface area contributed by atoms with Gasteiger partial charge >= 0.3 is 6.01 Å². The quantitative estimate of drug-likeness (QED) is 0.873. The van der Waals surface area contributed by atoms with E-state index in [1.807, 2.05) is 6.07 Å². The molecule has 0 radical (unpaired) electrons. The summed E-state index contributed by atoms with van der Waals surface area (Å²) in [6.45, 7) is 0. The third-order valence-corrected chi connectivity index (χ3v) is 2.77. The number of ether oxygens (including phenoxy) is 2. The van der Waals surface area contributed by atoms with Crippen LogP contribution in [0.1, 0.15) is 5.56 Å².